The Morgan fingerprint density at radius 3 is 2.39 bits per heavy atom. The van der Waals surface area contributed by atoms with Crippen molar-refractivity contribution >= 4 is 32.2 Å². The van der Waals surface area contributed by atoms with Crippen molar-refractivity contribution in [3.63, 3.8) is 0 Å². The lowest BCUT2D eigenvalue weighted by Crippen LogP contribution is -2.12. The molecule has 0 fully saturated rings. The summed E-state index contributed by atoms with van der Waals surface area (Å²) in [6.45, 7) is 1.73. The maximum absolute atomic E-state index is 12.0. The first-order valence-corrected chi connectivity index (χ1v) is 7.14. The van der Waals surface area contributed by atoms with Gasteiger partial charge in [-0.1, -0.05) is 11.3 Å². The number of hydrogen-bond acceptors (Lipinski definition) is 7. The molecular formula is C9H10N4O3S2. The van der Waals surface area contributed by atoms with Crippen LogP contribution >= 0.6 is 11.3 Å². The van der Waals surface area contributed by atoms with Crippen molar-refractivity contribution < 1.29 is 13.6 Å². The third-order valence-electron chi connectivity index (χ3n) is 2.04. The molecule has 2 rings (SSSR count). The van der Waals surface area contributed by atoms with Crippen LogP contribution in [-0.2, 0) is 10.0 Å². The molecule has 18 heavy (non-hydrogen) atoms. The van der Waals surface area contributed by atoms with Gasteiger partial charge in [0.25, 0.3) is 10.0 Å². The van der Waals surface area contributed by atoms with Crippen molar-refractivity contribution in [3.8, 4) is 0 Å². The highest BCUT2D eigenvalue weighted by atomic mass is 32.2. The first-order valence-electron chi connectivity index (χ1n) is 4.84. The van der Waals surface area contributed by atoms with Crippen LogP contribution < -0.4 is 10.2 Å². The molecule has 1 heterocycles. The predicted octanol–water partition coefficient (Wildman–Crippen LogP) is 1.45. The van der Waals surface area contributed by atoms with E-state index in [1.54, 1.807) is 6.92 Å². The van der Waals surface area contributed by atoms with Gasteiger partial charge in [0.2, 0.25) is 5.13 Å². The molecule has 0 radical (unpaired) electrons. The van der Waals surface area contributed by atoms with Crippen molar-refractivity contribution in [2.45, 2.75) is 11.8 Å². The van der Waals surface area contributed by atoms with Crippen LogP contribution in [0.5, 0.6) is 0 Å². The molecule has 0 amide bonds. The molecule has 0 atom stereocenters. The standard InChI is InChI=1S/C9H10N4O3S2/c1-6-10-11-9(17-6)13-18(15,16)8-4-2-7(12-14)3-5-8/h2-5,12,14H,1H3,(H,11,13). The Morgan fingerprint density at radius 2 is 1.89 bits per heavy atom. The minimum absolute atomic E-state index is 0.0781. The summed E-state index contributed by atoms with van der Waals surface area (Å²) in [5.41, 5.74) is 2.33. The Balaban J connectivity index is 2.24. The number of aryl methyl sites for hydroxylation is 1. The summed E-state index contributed by atoms with van der Waals surface area (Å²) >= 11 is 1.15. The number of hydrogen-bond donors (Lipinski definition) is 3. The van der Waals surface area contributed by atoms with E-state index in [4.69, 9.17) is 5.21 Å². The van der Waals surface area contributed by atoms with E-state index < -0.39 is 10.0 Å². The van der Waals surface area contributed by atoms with Crippen LogP contribution in [0.1, 0.15) is 5.01 Å². The fourth-order valence-corrected chi connectivity index (χ4v) is 3.04. The fraction of sp³-hybridized carbons (Fsp3) is 0.111. The van der Waals surface area contributed by atoms with Gasteiger partial charge >= 0.3 is 0 Å². The summed E-state index contributed by atoms with van der Waals surface area (Å²) in [6, 6.07) is 5.63. The normalized spacial score (nSPS) is 11.2. The van der Waals surface area contributed by atoms with E-state index in [1.165, 1.54) is 24.3 Å². The fourth-order valence-electron chi connectivity index (χ4n) is 1.22. The van der Waals surface area contributed by atoms with Crippen LogP contribution in [0.2, 0.25) is 0 Å². The van der Waals surface area contributed by atoms with Crippen molar-refractivity contribution in [3.05, 3.63) is 29.3 Å². The minimum atomic E-state index is -3.68. The molecule has 7 nitrogen and oxygen atoms in total. The molecule has 1 aromatic heterocycles. The molecule has 0 aliphatic carbocycles. The number of sulfonamides is 1. The van der Waals surface area contributed by atoms with Gasteiger partial charge in [0, 0.05) is 0 Å². The molecule has 0 saturated carbocycles. The van der Waals surface area contributed by atoms with Gasteiger partial charge in [-0.3, -0.25) is 15.4 Å². The highest BCUT2D eigenvalue weighted by Crippen LogP contribution is 2.20. The van der Waals surface area contributed by atoms with E-state index in [0.29, 0.717) is 10.7 Å². The topological polar surface area (TPSA) is 104 Å². The lowest BCUT2D eigenvalue weighted by Gasteiger charge is -2.05. The Labute approximate surface area is 108 Å². The van der Waals surface area contributed by atoms with E-state index in [2.05, 4.69) is 14.9 Å². The molecule has 0 unspecified atom stereocenters. The molecule has 0 aliphatic rings. The third kappa shape index (κ3) is 2.75. The molecular weight excluding hydrogens is 276 g/mol. The van der Waals surface area contributed by atoms with Crippen molar-refractivity contribution in [2.75, 3.05) is 10.2 Å². The smallest absolute Gasteiger partial charge is 0.263 e. The molecule has 2 aromatic rings. The summed E-state index contributed by atoms with van der Waals surface area (Å²) in [7, 11) is -3.68. The molecule has 3 N–H and O–H groups in total. The molecule has 0 spiro atoms. The largest absolute Gasteiger partial charge is 0.291 e. The Bertz CT molecular complexity index is 636. The van der Waals surface area contributed by atoms with E-state index in [-0.39, 0.29) is 10.0 Å². The first kappa shape index (κ1) is 12.7. The van der Waals surface area contributed by atoms with Gasteiger partial charge in [0.05, 0.1) is 10.6 Å². The Kier molecular flexibility index (Phi) is 3.45. The van der Waals surface area contributed by atoms with Gasteiger partial charge in [-0.2, -0.15) is 0 Å². The van der Waals surface area contributed by atoms with E-state index >= 15 is 0 Å². The molecule has 9 heteroatoms. The average Bonchev–Trinajstić information content (AvgIpc) is 2.74. The van der Waals surface area contributed by atoms with Crippen molar-refractivity contribution in [1.29, 1.82) is 0 Å². The van der Waals surface area contributed by atoms with E-state index in [9.17, 15) is 8.42 Å². The lowest BCUT2D eigenvalue weighted by molar-refractivity contribution is 0.389. The summed E-state index contributed by atoms with van der Waals surface area (Å²) in [4.78, 5) is 0.0781. The minimum Gasteiger partial charge on any atom is -0.291 e. The van der Waals surface area contributed by atoms with Crippen LogP contribution in [0, 0.1) is 6.92 Å². The summed E-state index contributed by atoms with van der Waals surface area (Å²) in [5, 5.41) is 16.9. The average molecular weight is 286 g/mol. The van der Waals surface area contributed by atoms with Gasteiger partial charge in [-0.15, -0.1) is 10.2 Å². The summed E-state index contributed by atoms with van der Waals surface area (Å²) in [5.74, 6) is 0. The van der Waals surface area contributed by atoms with E-state index in [0.717, 1.165) is 11.3 Å². The lowest BCUT2D eigenvalue weighted by atomic mass is 10.3. The number of rotatable bonds is 4. The SMILES string of the molecule is Cc1nnc(NS(=O)(=O)c2ccc(NO)cc2)s1. The summed E-state index contributed by atoms with van der Waals surface area (Å²) in [6.07, 6.45) is 0. The third-order valence-corrected chi connectivity index (χ3v) is 4.28. The summed E-state index contributed by atoms with van der Waals surface area (Å²) < 4.78 is 26.2. The highest BCUT2D eigenvalue weighted by Gasteiger charge is 2.16. The second-order valence-electron chi connectivity index (χ2n) is 3.37. The molecule has 96 valence electrons. The van der Waals surface area contributed by atoms with E-state index in [1.807, 2.05) is 5.48 Å². The van der Waals surface area contributed by atoms with Gasteiger partial charge in [0.15, 0.2) is 0 Å². The number of aromatic nitrogens is 2. The Morgan fingerprint density at radius 1 is 1.22 bits per heavy atom. The zero-order valence-electron chi connectivity index (χ0n) is 9.28. The van der Waals surface area contributed by atoms with Crippen LogP contribution in [0.15, 0.2) is 29.2 Å². The Hall–Kier alpha value is -1.71. The van der Waals surface area contributed by atoms with Crippen LogP contribution in [-0.4, -0.2) is 23.8 Å². The van der Waals surface area contributed by atoms with Crippen molar-refractivity contribution in [1.82, 2.24) is 10.2 Å². The highest BCUT2D eigenvalue weighted by molar-refractivity contribution is 7.93. The maximum atomic E-state index is 12.0. The first-order chi connectivity index (χ1) is 8.51. The molecule has 0 saturated heterocycles. The quantitative estimate of drug-likeness (QED) is 0.735. The zero-order valence-corrected chi connectivity index (χ0v) is 10.9. The molecule has 0 bridgehead atoms. The monoisotopic (exact) mass is 286 g/mol. The van der Waals surface area contributed by atoms with Crippen LogP contribution in [0.3, 0.4) is 0 Å². The maximum Gasteiger partial charge on any atom is 0.263 e. The zero-order chi connectivity index (χ0) is 13.2. The van der Waals surface area contributed by atoms with Gasteiger partial charge in [0.1, 0.15) is 5.01 Å². The van der Waals surface area contributed by atoms with Gasteiger partial charge < -0.3 is 0 Å². The van der Waals surface area contributed by atoms with Gasteiger partial charge in [-0.25, -0.2) is 8.42 Å². The molecule has 1 aromatic carbocycles. The second kappa shape index (κ2) is 4.88. The number of benzene rings is 1. The second-order valence-corrected chi connectivity index (χ2v) is 6.23. The number of nitrogens with zero attached hydrogens (tertiary/aromatic N) is 2. The van der Waals surface area contributed by atoms with Gasteiger partial charge in [-0.05, 0) is 31.2 Å². The number of nitrogens with one attached hydrogen (secondary N) is 2. The molecule has 0 aliphatic heterocycles. The van der Waals surface area contributed by atoms with Crippen LogP contribution in [0.25, 0.3) is 0 Å². The predicted molar refractivity (Wildman–Crippen MR) is 67.3 cm³/mol. The van der Waals surface area contributed by atoms with Crippen LogP contribution in [0.4, 0.5) is 10.8 Å². The number of anilines is 2. The van der Waals surface area contributed by atoms with Crippen molar-refractivity contribution in [2.24, 2.45) is 0 Å².